The number of hydrogen-bond acceptors (Lipinski definition) is 5. The molecule has 0 bridgehead atoms. The van der Waals surface area contributed by atoms with E-state index in [1.165, 1.54) is 0 Å². The molecule has 134 valence electrons. The second-order valence-corrected chi connectivity index (χ2v) is 5.28. The van der Waals surface area contributed by atoms with Crippen LogP contribution < -0.4 is 10.6 Å². The quantitative estimate of drug-likeness (QED) is 0.551. The Hall–Kier alpha value is -3.08. The fourth-order valence-corrected chi connectivity index (χ4v) is 1.98. The molecule has 0 fully saturated rings. The van der Waals surface area contributed by atoms with E-state index in [2.05, 4.69) is 10.6 Å². The molecule has 8 nitrogen and oxygen atoms in total. The average molecular weight is 347 g/mol. The number of benzene rings is 1. The van der Waals surface area contributed by atoms with Crippen LogP contribution in [0.2, 0.25) is 0 Å². The maximum Gasteiger partial charge on any atom is 0.407 e. The number of amides is 2. The van der Waals surface area contributed by atoms with Crippen molar-refractivity contribution in [1.82, 2.24) is 10.6 Å². The largest absolute Gasteiger partial charge is 0.480 e. The molecule has 1 aromatic carbocycles. The summed E-state index contributed by atoms with van der Waals surface area (Å²) in [4.78, 5) is 34.4. The molecule has 0 heterocycles. The first-order valence-electron chi connectivity index (χ1n) is 7.86. The summed E-state index contributed by atoms with van der Waals surface area (Å²) in [6.07, 6.45) is 0.883. The van der Waals surface area contributed by atoms with Gasteiger partial charge in [0.15, 0.2) is 0 Å². The molecule has 1 aromatic rings. The van der Waals surface area contributed by atoms with Gasteiger partial charge in [-0.2, -0.15) is 5.26 Å². The SMILES string of the molecule is N#CCCCC[C@H](NC(=O)CNC(=O)OCc1ccccc1)C(=O)O. The lowest BCUT2D eigenvalue weighted by Gasteiger charge is -2.14. The third kappa shape index (κ3) is 8.95. The molecule has 0 aliphatic carbocycles. The van der Waals surface area contributed by atoms with Crippen molar-refractivity contribution >= 4 is 18.0 Å². The maximum atomic E-state index is 11.7. The van der Waals surface area contributed by atoms with Gasteiger partial charge in [-0.25, -0.2) is 9.59 Å². The Kier molecular flexibility index (Phi) is 9.15. The lowest BCUT2D eigenvalue weighted by Crippen LogP contribution is -2.45. The summed E-state index contributed by atoms with van der Waals surface area (Å²) in [6, 6.07) is 9.98. The highest BCUT2D eigenvalue weighted by atomic mass is 16.5. The standard InChI is InChI=1S/C17H21N3O5/c18-10-6-2-5-9-14(16(22)23)20-15(21)11-19-17(24)25-12-13-7-3-1-4-8-13/h1,3-4,7-8,14H,2,5-6,9,11-12H2,(H,19,24)(H,20,21)(H,22,23)/t14-/m0/s1. The van der Waals surface area contributed by atoms with Crippen molar-refractivity contribution < 1.29 is 24.2 Å². The van der Waals surface area contributed by atoms with Gasteiger partial charge in [0.25, 0.3) is 0 Å². The monoisotopic (exact) mass is 347 g/mol. The summed E-state index contributed by atoms with van der Waals surface area (Å²) in [5.41, 5.74) is 0.811. The Labute approximate surface area is 145 Å². The molecule has 0 unspecified atom stereocenters. The van der Waals surface area contributed by atoms with Crippen molar-refractivity contribution in [2.45, 2.75) is 38.3 Å². The van der Waals surface area contributed by atoms with Gasteiger partial charge in [-0.15, -0.1) is 0 Å². The molecule has 2 amide bonds. The van der Waals surface area contributed by atoms with Gasteiger partial charge in [-0.1, -0.05) is 30.3 Å². The summed E-state index contributed by atoms with van der Waals surface area (Å²) in [6.45, 7) is -0.305. The molecule has 1 rings (SSSR count). The highest BCUT2D eigenvalue weighted by Gasteiger charge is 2.19. The molecule has 0 saturated heterocycles. The highest BCUT2D eigenvalue weighted by Crippen LogP contribution is 2.04. The molecule has 1 atom stereocenters. The van der Waals surface area contributed by atoms with E-state index in [9.17, 15) is 14.4 Å². The number of nitriles is 1. The average Bonchev–Trinajstić information content (AvgIpc) is 2.61. The lowest BCUT2D eigenvalue weighted by molar-refractivity contribution is -0.141. The fraction of sp³-hybridized carbons (Fsp3) is 0.412. The summed E-state index contributed by atoms with van der Waals surface area (Å²) in [5.74, 6) is -1.78. The van der Waals surface area contributed by atoms with Crippen LogP contribution in [-0.4, -0.2) is 35.7 Å². The third-order valence-corrected chi connectivity index (χ3v) is 3.27. The number of hydrogen-bond donors (Lipinski definition) is 3. The Bertz CT molecular complexity index is 612. The summed E-state index contributed by atoms with van der Waals surface area (Å²) >= 11 is 0. The molecule has 0 radical (unpaired) electrons. The Morgan fingerprint density at radius 1 is 1.20 bits per heavy atom. The van der Waals surface area contributed by atoms with E-state index in [4.69, 9.17) is 15.1 Å². The molecular formula is C17H21N3O5. The molecule has 3 N–H and O–H groups in total. The fourth-order valence-electron chi connectivity index (χ4n) is 1.98. The number of unbranched alkanes of at least 4 members (excludes halogenated alkanes) is 2. The lowest BCUT2D eigenvalue weighted by atomic mass is 10.1. The van der Waals surface area contributed by atoms with Crippen LogP contribution in [0.5, 0.6) is 0 Å². The number of rotatable bonds is 10. The second-order valence-electron chi connectivity index (χ2n) is 5.28. The van der Waals surface area contributed by atoms with Crippen molar-refractivity contribution in [3.63, 3.8) is 0 Å². The Morgan fingerprint density at radius 3 is 2.56 bits per heavy atom. The minimum atomic E-state index is -1.16. The Balaban J connectivity index is 2.28. The maximum absolute atomic E-state index is 11.7. The van der Waals surface area contributed by atoms with Crippen molar-refractivity contribution in [3.8, 4) is 6.07 Å². The van der Waals surface area contributed by atoms with Crippen LogP contribution >= 0.6 is 0 Å². The molecule has 0 spiro atoms. The second kappa shape index (κ2) is 11.5. The van der Waals surface area contributed by atoms with E-state index < -0.39 is 24.0 Å². The predicted octanol–water partition coefficient (Wildman–Crippen LogP) is 1.57. The number of carboxylic acids is 1. The zero-order valence-electron chi connectivity index (χ0n) is 13.7. The van der Waals surface area contributed by atoms with Crippen molar-refractivity contribution in [2.24, 2.45) is 0 Å². The summed E-state index contributed by atoms with van der Waals surface area (Å²) < 4.78 is 4.95. The van der Waals surface area contributed by atoms with E-state index in [-0.39, 0.29) is 19.6 Å². The molecular weight excluding hydrogens is 326 g/mol. The summed E-state index contributed by atoms with van der Waals surface area (Å²) in [7, 11) is 0. The van der Waals surface area contributed by atoms with Gasteiger partial charge in [-0.3, -0.25) is 4.79 Å². The smallest absolute Gasteiger partial charge is 0.407 e. The van der Waals surface area contributed by atoms with E-state index in [0.717, 1.165) is 5.56 Å². The number of nitrogens with zero attached hydrogens (tertiary/aromatic N) is 1. The number of nitrogens with one attached hydrogen (secondary N) is 2. The van der Waals surface area contributed by atoms with Gasteiger partial charge in [0.2, 0.25) is 5.91 Å². The van der Waals surface area contributed by atoms with Gasteiger partial charge in [-0.05, 0) is 24.8 Å². The van der Waals surface area contributed by atoms with Crippen molar-refractivity contribution in [3.05, 3.63) is 35.9 Å². The highest BCUT2D eigenvalue weighted by molar-refractivity contribution is 5.86. The van der Waals surface area contributed by atoms with Crippen LogP contribution in [0.4, 0.5) is 4.79 Å². The van der Waals surface area contributed by atoms with E-state index in [1.54, 1.807) is 12.1 Å². The van der Waals surface area contributed by atoms with Crippen LogP contribution in [0.1, 0.15) is 31.2 Å². The molecule has 0 aromatic heterocycles. The zero-order chi connectivity index (χ0) is 18.5. The number of carbonyl (C=O) groups excluding carboxylic acids is 2. The van der Waals surface area contributed by atoms with Gasteiger partial charge >= 0.3 is 12.1 Å². The van der Waals surface area contributed by atoms with E-state index in [1.807, 2.05) is 24.3 Å². The van der Waals surface area contributed by atoms with Crippen LogP contribution in [0.3, 0.4) is 0 Å². The molecule has 8 heteroatoms. The number of carbonyl (C=O) groups is 3. The first kappa shape index (κ1) is 20.0. The van der Waals surface area contributed by atoms with E-state index >= 15 is 0 Å². The Morgan fingerprint density at radius 2 is 1.92 bits per heavy atom. The molecule has 0 aliphatic heterocycles. The minimum Gasteiger partial charge on any atom is -0.480 e. The minimum absolute atomic E-state index is 0.0743. The van der Waals surface area contributed by atoms with Gasteiger partial charge < -0.3 is 20.5 Å². The number of ether oxygens (including phenoxy) is 1. The summed E-state index contributed by atoms with van der Waals surface area (Å²) in [5, 5.41) is 22.1. The van der Waals surface area contributed by atoms with Crippen molar-refractivity contribution in [1.29, 1.82) is 5.26 Å². The third-order valence-electron chi connectivity index (χ3n) is 3.27. The number of alkyl carbamates (subject to hydrolysis) is 1. The number of aliphatic carboxylic acids is 1. The topological polar surface area (TPSA) is 129 Å². The first-order chi connectivity index (χ1) is 12.0. The number of carboxylic acid groups (broad SMARTS) is 1. The van der Waals surface area contributed by atoms with Gasteiger partial charge in [0.05, 0.1) is 6.07 Å². The molecule has 0 aliphatic rings. The first-order valence-corrected chi connectivity index (χ1v) is 7.86. The van der Waals surface area contributed by atoms with Crippen LogP contribution in [-0.2, 0) is 20.9 Å². The zero-order valence-corrected chi connectivity index (χ0v) is 13.7. The molecule has 25 heavy (non-hydrogen) atoms. The van der Waals surface area contributed by atoms with E-state index in [0.29, 0.717) is 19.3 Å². The van der Waals surface area contributed by atoms with Crippen LogP contribution in [0, 0.1) is 11.3 Å². The van der Waals surface area contributed by atoms with Gasteiger partial charge in [0, 0.05) is 6.42 Å². The van der Waals surface area contributed by atoms with Crippen LogP contribution in [0.25, 0.3) is 0 Å². The molecule has 0 saturated carbocycles. The van der Waals surface area contributed by atoms with Crippen molar-refractivity contribution in [2.75, 3.05) is 6.54 Å². The van der Waals surface area contributed by atoms with Crippen LogP contribution in [0.15, 0.2) is 30.3 Å². The predicted molar refractivity (Wildman–Crippen MR) is 88.3 cm³/mol. The van der Waals surface area contributed by atoms with Gasteiger partial charge in [0.1, 0.15) is 19.2 Å². The normalized spacial score (nSPS) is 11.0.